The van der Waals surface area contributed by atoms with Crippen LogP contribution in [0.1, 0.15) is 56.9 Å². The predicted molar refractivity (Wildman–Crippen MR) is 92.2 cm³/mol. The zero-order chi connectivity index (χ0) is 17.7. The molecule has 5 heteroatoms. The fourth-order valence-electron chi connectivity index (χ4n) is 3.53. The minimum atomic E-state index is -1.04. The number of carbonyl (C=O) groups excluding carboxylic acids is 1. The summed E-state index contributed by atoms with van der Waals surface area (Å²) in [5.41, 5.74) is -0.0206. The first kappa shape index (κ1) is 18.3. The molecule has 1 aliphatic rings. The van der Waals surface area contributed by atoms with Crippen LogP contribution in [-0.2, 0) is 9.59 Å². The van der Waals surface area contributed by atoms with Gasteiger partial charge in [-0.3, -0.25) is 4.79 Å². The first-order chi connectivity index (χ1) is 11.4. The lowest BCUT2D eigenvalue weighted by molar-refractivity contribution is -0.160. The highest BCUT2D eigenvalue weighted by Gasteiger charge is 2.45. The average molecular weight is 333 g/mol. The van der Waals surface area contributed by atoms with E-state index >= 15 is 0 Å². The monoisotopic (exact) mass is 333 g/mol. The molecule has 0 heterocycles. The molecule has 1 atom stereocenters. The second-order valence-electron chi connectivity index (χ2n) is 6.73. The van der Waals surface area contributed by atoms with Gasteiger partial charge in [-0.15, -0.1) is 0 Å². The van der Waals surface area contributed by atoms with Crippen molar-refractivity contribution in [1.82, 2.24) is 4.90 Å². The summed E-state index contributed by atoms with van der Waals surface area (Å²) in [5, 5.41) is 9.72. The number of likely N-dealkylation sites (N-methyl/N-ethyl adjacent to an activating group) is 1. The van der Waals surface area contributed by atoms with Gasteiger partial charge in [0.15, 0.2) is 0 Å². The lowest BCUT2D eigenvalue weighted by atomic mass is 9.80. The van der Waals surface area contributed by atoms with Crippen molar-refractivity contribution in [2.45, 2.75) is 56.9 Å². The van der Waals surface area contributed by atoms with E-state index in [0.717, 1.165) is 30.6 Å². The van der Waals surface area contributed by atoms with Gasteiger partial charge in [-0.05, 0) is 36.5 Å². The summed E-state index contributed by atoms with van der Waals surface area (Å²) in [6.07, 6.45) is 4.12. The van der Waals surface area contributed by atoms with Crippen LogP contribution in [0, 0.1) is 0 Å². The minimum absolute atomic E-state index is 0.00415. The highest BCUT2D eigenvalue weighted by molar-refractivity contribution is 5.87. The number of methoxy groups -OCH3 is 1. The van der Waals surface area contributed by atoms with Crippen molar-refractivity contribution in [1.29, 1.82) is 0 Å². The molecule has 1 amide bonds. The fraction of sp³-hybridized carbons (Fsp3) is 0.579. The van der Waals surface area contributed by atoms with Crippen molar-refractivity contribution < 1.29 is 19.4 Å². The normalized spacial score (nSPS) is 17.8. The zero-order valence-electron chi connectivity index (χ0n) is 14.7. The summed E-state index contributed by atoms with van der Waals surface area (Å²) in [5.74, 6) is -0.236. The maximum atomic E-state index is 12.7. The van der Waals surface area contributed by atoms with Crippen molar-refractivity contribution >= 4 is 11.9 Å². The van der Waals surface area contributed by atoms with Crippen LogP contribution in [0.3, 0.4) is 0 Å². The number of hydrogen-bond donors (Lipinski definition) is 1. The van der Waals surface area contributed by atoms with Crippen LogP contribution in [-0.4, -0.2) is 41.6 Å². The van der Waals surface area contributed by atoms with Crippen LogP contribution in [0.4, 0.5) is 0 Å². The Morgan fingerprint density at radius 2 is 1.96 bits per heavy atom. The molecule has 1 saturated carbocycles. The number of ether oxygens (including phenoxy) is 1. The third-order valence-electron chi connectivity index (χ3n) is 5.24. The van der Waals surface area contributed by atoms with Crippen molar-refractivity contribution in [2.24, 2.45) is 0 Å². The quantitative estimate of drug-likeness (QED) is 0.866. The van der Waals surface area contributed by atoms with E-state index in [9.17, 15) is 14.7 Å². The van der Waals surface area contributed by atoms with Crippen molar-refractivity contribution in [2.75, 3.05) is 14.2 Å². The molecule has 0 radical (unpaired) electrons. The summed E-state index contributed by atoms with van der Waals surface area (Å²) in [7, 11) is 3.25. The topological polar surface area (TPSA) is 66.8 Å². The number of carboxylic acids is 1. The van der Waals surface area contributed by atoms with Gasteiger partial charge in [-0.2, -0.15) is 0 Å². The molecule has 1 aliphatic carbocycles. The van der Waals surface area contributed by atoms with E-state index in [-0.39, 0.29) is 11.8 Å². The number of hydrogen-bond acceptors (Lipinski definition) is 3. The molecule has 0 spiro atoms. The van der Waals surface area contributed by atoms with E-state index in [1.807, 2.05) is 31.2 Å². The second-order valence-corrected chi connectivity index (χ2v) is 6.73. The second kappa shape index (κ2) is 7.69. The molecule has 5 nitrogen and oxygen atoms in total. The molecule has 1 N–H and O–H groups in total. The Hall–Kier alpha value is -2.04. The molecule has 1 aromatic carbocycles. The Kier molecular flexibility index (Phi) is 5.86. The molecule has 1 fully saturated rings. The molecule has 132 valence electrons. The van der Waals surface area contributed by atoms with Crippen molar-refractivity contribution in [3.63, 3.8) is 0 Å². The molecule has 0 saturated heterocycles. The van der Waals surface area contributed by atoms with Crippen LogP contribution in [0.2, 0.25) is 0 Å². The Morgan fingerprint density at radius 1 is 1.29 bits per heavy atom. The van der Waals surface area contributed by atoms with E-state index in [1.165, 1.54) is 4.90 Å². The van der Waals surface area contributed by atoms with Gasteiger partial charge >= 0.3 is 5.97 Å². The number of nitrogens with zero attached hydrogens (tertiary/aromatic N) is 1. The summed E-state index contributed by atoms with van der Waals surface area (Å²) in [6, 6.07) is 7.66. The first-order valence-electron chi connectivity index (χ1n) is 8.54. The van der Waals surface area contributed by atoms with Crippen LogP contribution < -0.4 is 4.74 Å². The molecule has 24 heavy (non-hydrogen) atoms. The van der Waals surface area contributed by atoms with Crippen LogP contribution in [0.5, 0.6) is 5.75 Å². The van der Waals surface area contributed by atoms with E-state index in [2.05, 4.69) is 0 Å². The van der Waals surface area contributed by atoms with E-state index in [0.29, 0.717) is 19.3 Å². The van der Waals surface area contributed by atoms with E-state index < -0.39 is 11.5 Å². The van der Waals surface area contributed by atoms with Gasteiger partial charge < -0.3 is 14.7 Å². The Morgan fingerprint density at radius 3 is 2.54 bits per heavy atom. The van der Waals surface area contributed by atoms with Gasteiger partial charge in [-0.1, -0.05) is 38.3 Å². The number of carboxylic acid groups (broad SMARTS) is 1. The number of benzene rings is 1. The summed E-state index contributed by atoms with van der Waals surface area (Å²) in [6.45, 7) is 1.98. The first-order valence-corrected chi connectivity index (χ1v) is 8.54. The molecule has 0 bridgehead atoms. The van der Waals surface area contributed by atoms with Gasteiger partial charge in [0.1, 0.15) is 11.3 Å². The fourth-order valence-corrected chi connectivity index (χ4v) is 3.53. The minimum Gasteiger partial charge on any atom is -0.497 e. The Balaban J connectivity index is 2.10. The maximum Gasteiger partial charge on any atom is 0.329 e. The molecule has 2 rings (SSSR count). The van der Waals surface area contributed by atoms with Gasteiger partial charge in [0, 0.05) is 13.5 Å². The Bertz CT molecular complexity index is 593. The van der Waals surface area contributed by atoms with Crippen LogP contribution in [0.25, 0.3) is 0 Å². The zero-order valence-corrected chi connectivity index (χ0v) is 14.7. The van der Waals surface area contributed by atoms with Gasteiger partial charge in [0.05, 0.1) is 7.11 Å². The largest absolute Gasteiger partial charge is 0.497 e. The van der Waals surface area contributed by atoms with Gasteiger partial charge in [0.25, 0.3) is 0 Å². The third kappa shape index (κ3) is 3.71. The van der Waals surface area contributed by atoms with Crippen LogP contribution in [0.15, 0.2) is 24.3 Å². The van der Waals surface area contributed by atoms with Crippen LogP contribution >= 0.6 is 0 Å². The average Bonchev–Trinajstić information content (AvgIpc) is 2.61. The molecule has 1 aromatic rings. The summed E-state index contributed by atoms with van der Waals surface area (Å²) in [4.78, 5) is 26.0. The van der Waals surface area contributed by atoms with E-state index in [4.69, 9.17) is 4.74 Å². The number of aliphatic carboxylic acids is 1. The molecule has 1 unspecified atom stereocenters. The SMILES string of the molecule is COc1cccc(C(C)CC(=O)N(C)C2(C(=O)O)CCCCC2)c1. The number of amides is 1. The lowest BCUT2D eigenvalue weighted by Crippen LogP contribution is -2.56. The maximum absolute atomic E-state index is 12.7. The molecule has 0 aliphatic heterocycles. The lowest BCUT2D eigenvalue weighted by Gasteiger charge is -2.41. The number of rotatable bonds is 6. The molecule has 0 aromatic heterocycles. The highest BCUT2D eigenvalue weighted by atomic mass is 16.5. The van der Waals surface area contributed by atoms with E-state index in [1.54, 1.807) is 14.2 Å². The standard InChI is InChI=1S/C19H27NO4/c1-14(15-8-7-9-16(13-15)24-3)12-17(21)20(2)19(18(22)23)10-5-4-6-11-19/h7-9,13-14H,4-6,10-12H2,1-3H3,(H,22,23). The van der Waals surface area contributed by atoms with Gasteiger partial charge in [-0.25, -0.2) is 4.79 Å². The smallest absolute Gasteiger partial charge is 0.329 e. The highest BCUT2D eigenvalue weighted by Crippen LogP contribution is 2.34. The van der Waals surface area contributed by atoms with Crippen molar-refractivity contribution in [3.8, 4) is 5.75 Å². The van der Waals surface area contributed by atoms with Gasteiger partial charge in [0.2, 0.25) is 5.91 Å². The Labute approximate surface area is 143 Å². The predicted octanol–water partition coefficient (Wildman–Crippen LogP) is 3.43. The third-order valence-corrected chi connectivity index (χ3v) is 5.24. The van der Waals surface area contributed by atoms with Crippen molar-refractivity contribution in [3.05, 3.63) is 29.8 Å². The summed E-state index contributed by atoms with van der Waals surface area (Å²) >= 11 is 0. The molecular weight excluding hydrogens is 306 g/mol. The number of carbonyl (C=O) groups is 2. The summed E-state index contributed by atoms with van der Waals surface area (Å²) < 4.78 is 5.23. The molecular formula is C19H27NO4.